The summed E-state index contributed by atoms with van der Waals surface area (Å²) in [5.74, 6) is -2.85. The number of rotatable bonds is 6. The molecular formula is C32H38O8. The van der Waals surface area contributed by atoms with Crippen LogP contribution in [0.4, 0.5) is 0 Å². The van der Waals surface area contributed by atoms with Crippen molar-refractivity contribution in [1.82, 2.24) is 0 Å². The minimum atomic E-state index is -2.20. The van der Waals surface area contributed by atoms with Crippen molar-refractivity contribution in [2.24, 2.45) is 34.5 Å². The van der Waals surface area contributed by atoms with E-state index in [1.165, 1.54) is 0 Å². The van der Waals surface area contributed by atoms with Crippen molar-refractivity contribution >= 4 is 17.7 Å². The zero-order valence-electron chi connectivity index (χ0n) is 23.6. The number of aliphatic hydroxyl groups excluding tert-OH is 2. The summed E-state index contributed by atoms with van der Waals surface area (Å²) in [6, 6.07) is 8.71. The van der Waals surface area contributed by atoms with Crippen LogP contribution in [0.1, 0.15) is 51.4 Å². The summed E-state index contributed by atoms with van der Waals surface area (Å²) in [7, 11) is 0. The van der Waals surface area contributed by atoms with Crippen molar-refractivity contribution in [2.75, 3.05) is 13.2 Å². The van der Waals surface area contributed by atoms with Gasteiger partial charge in [0.25, 0.3) is 0 Å². The number of hydrogen-bond acceptors (Lipinski definition) is 8. The third kappa shape index (κ3) is 3.80. The van der Waals surface area contributed by atoms with E-state index < -0.39 is 59.0 Å². The molecule has 2 saturated carbocycles. The van der Waals surface area contributed by atoms with Crippen LogP contribution in [0.25, 0.3) is 0 Å². The molecule has 1 aromatic carbocycles. The Morgan fingerprint density at radius 3 is 2.50 bits per heavy atom. The Balaban J connectivity index is 1.57. The summed E-state index contributed by atoms with van der Waals surface area (Å²) in [5, 5.41) is 34.3. The highest BCUT2D eigenvalue weighted by atomic mass is 16.6. The van der Waals surface area contributed by atoms with Gasteiger partial charge in [0.15, 0.2) is 17.5 Å². The number of carbonyl (C=O) groups excluding carboxylic acids is 3. The molecule has 1 aromatic rings. The molecule has 9 atom stereocenters. The third-order valence-electron chi connectivity index (χ3n) is 10.2. The van der Waals surface area contributed by atoms with E-state index in [1.807, 2.05) is 19.9 Å². The molecule has 2 bridgehead atoms. The summed E-state index contributed by atoms with van der Waals surface area (Å²) in [5.41, 5.74) is -2.93. The second-order valence-corrected chi connectivity index (χ2v) is 12.2. The highest BCUT2D eigenvalue weighted by Gasteiger charge is 2.77. The number of allylic oxidation sites excluding steroid dienone is 2. The Kier molecular flexibility index (Phi) is 6.96. The second kappa shape index (κ2) is 9.79. The molecular weight excluding hydrogens is 512 g/mol. The second-order valence-electron chi connectivity index (χ2n) is 12.2. The minimum absolute atomic E-state index is 0.00402. The number of esters is 2. The third-order valence-corrected chi connectivity index (χ3v) is 10.2. The van der Waals surface area contributed by atoms with Gasteiger partial charge in [0.05, 0.1) is 24.2 Å². The van der Waals surface area contributed by atoms with Crippen LogP contribution in [-0.2, 0) is 19.1 Å². The van der Waals surface area contributed by atoms with Gasteiger partial charge in [-0.25, -0.2) is 9.59 Å². The van der Waals surface area contributed by atoms with Crippen molar-refractivity contribution in [2.45, 2.75) is 58.8 Å². The molecule has 3 N–H and O–H groups in total. The van der Waals surface area contributed by atoms with Crippen molar-refractivity contribution in [3.05, 3.63) is 70.8 Å². The lowest BCUT2D eigenvalue weighted by atomic mass is 9.59. The molecule has 4 aliphatic rings. The zero-order chi connectivity index (χ0) is 29.2. The lowest BCUT2D eigenvalue weighted by Gasteiger charge is -2.49. The molecule has 5 rings (SSSR count). The van der Waals surface area contributed by atoms with Crippen LogP contribution >= 0.6 is 0 Å². The highest BCUT2D eigenvalue weighted by molar-refractivity contribution is 5.96. The number of ketones is 1. The molecule has 40 heavy (non-hydrogen) atoms. The number of benzene rings is 1. The minimum Gasteiger partial charge on any atom is -0.461 e. The van der Waals surface area contributed by atoms with Gasteiger partial charge in [0, 0.05) is 16.9 Å². The Morgan fingerprint density at radius 1 is 1.20 bits per heavy atom. The quantitative estimate of drug-likeness (QED) is 0.280. The lowest BCUT2D eigenvalue weighted by Crippen LogP contribution is -2.66. The van der Waals surface area contributed by atoms with E-state index in [0.29, 0.717) is 23.1 Å². The van der Waals surface area contributed by atoms with E-state index in [4.69, 9.17) is 9.47 Å². The van der Waals surface area contributed by atoms with E-state index >= 15 is 0 Å². The fraction of sp³-hybridized carbons (Fsp3) is 0.531. The number of aliphatic hydroxyl groups is 3. The molecule has 0 aliphatic heterocycles. The first-order chi connectivity index (χ1) is 18.9. The van der Waals surface area contributed by atoms with Crippen LogP contribution in [0.5, 0.6) is 0 Å². The van der Waals surface area contributed by atoms with Gasteiger partial charge in [-0.05, 0) is 68.2 Å². The highest BCUT2D eigenvalue weighted by Crippen LogP contribution is 2.72. The Morgan fingerprint density at radius 2 is 1.88 bits per heavy atom. The average Bonchev–Trinajstić information content (AvgIpc) is 3.50. The average molecular weight is 551 g/mol. The van der Waals surface area contributed by atoms with Crippen LogP contribution in [0.15, 0.2) is 65.3 Å². The number of carbonyl (C=O) groups is 3. The SMILES string of the molecule is CC=C(C)C(=O)O[C@@H]1C(CO)=C[C@@H]2C(=O)[C@]3(C=C(C)[C@H](O)[C@@]13O)[C@H](C)C[C@@H]1[C@H]2[C@]1(C)COC(=O)c1ccccc1. The van der Waals surface area contributed by atoms with E-state index in [9.17, 15) is 29.7 Å². The lowest BCUT2D eigenvalue weighted by molar-refractivity contribution is -0.202. The zero-order valence-corrected chi connectivity index (χ0v) is 23.6. The van der Waals surface area contributed by atoms with Crippen molar-refractivity contribution in [3.63, 3.8) is 0 Å². The van der Waals surface area contributed by atoms with Crippen molar-refractivity contribution in [1.29, 1.82) is 0 Å². The molecule has 4 aliphatic carbocycles. The molecule has 214 valence electrons. The van der Waals surface area contributed by atoms with Gasteiger partial charge < -0.3 is 24.8 Å². The molecule has 0 heterocycles. The normalized spacial score (nSPS) is 40.1. The number of Topliss-reactive ketones (excluding diaryl/α,β-unsaturated/α-hetero) is 1. The predicted molar refractivity (Wildman–Crippen MR) is 146 cm³/mol. The maximum absolute atomic E-state index is 14.6. The van der Waals surface area contributed by atoms with Gasteiger partial charge in [0.1, 0.15) is 6.10 Å². The van der Waals surface area contributed by atoms with Crippen molar-refractivity contribution < 1.29 is 39.2 Å². The molecule has 0 amide bonds. The van der Waals surface area contributed by atoms with Gasteiger partial charge >= 0.3 is 11.9 Å². The first-order valence-corrected chi connectivity index (χ1v) is 13.9. The van der Waals surface area contributed by atoms with E-state index in [0.717, 1.165) is 0 Å². The molecule has 2 fully saturated rings. The molecule has 8 heteroatoms. The molecule has 0 unspecified atom stereocenters. The van der Waals surface area contributed by atoms with Gasteiger partial charge in [0.2, 0.25) is 0 Å². The first kappa shape index (κ1) is 28.5. The molecule has 0 radical (unpaired) electrons. The number of hydrogen-bond donors (Lipinski definition) is 3. The van der Waals surface area contributed by atoms with E-state index in [2.05, 4.69) is 0 Å². The maximum Gasteiger partial charge on any atom is 0.338 e. The Labute approximate surface area is 234 Å². The molecule has 0 aromatic heterocycles. The molecule has 1 spiro atoms. The van der Waals surface area contributed by atoms with Gasteiger partial charge in [-0.15, -0.1) is 0 Å². The fourth-order valence-corrected chi connectivity index (χ4v) is 7.80. The van der Waals surface area contributed by atoms with Crippen molar-refractivity contribution in [3.8, 4) is 0 Å². The number of ether oxygens (including phenoxy) is 2. The summed E-state index contributed by atoms with van der Waals surface area (Å²) >= 11 is 0. The van der Waals surface area contributed by atoms with E-state index in [1.54, 1.807) is 63.3 Å². The fourth-order valence-electron chi connectivity index (χ4n) is 7.80. The first-order valence-electron chi connectivity index (χ1n) is 13.9. The topological polar surface area (TPSA) is 130 Å². The van der Waals surface area contributed by atoms with Crippen LogP contribution < -0.4 is 0 Å². The van der Waals surface area contributed by atoms with Gasteiger partial charge in [-0.1, -0.05) is 50.3 Å². The summed E-state index contributed by atoms with van der Waals surface area (Å²) in [6.07, 6.45) is 2.46. The number of fused-ring (bicyclic) bond motifs is 3. The maximum atomic E-state index is 14.6. The molecule has 0 saturated heterocycles. The Hall–Kier alpha value is -3.07. The predicted octanol–water partition coefficient (Wildman–Crippen LogP) is 3.17. The smallest absolute Gasteiger partial charge is 0.338 e. The van der Waals surface area contributed by atoms with Crippen LogP contribution in [0, 0.1) is 34.5 Å². The molecule has 8 nitrogen and oxygen atoms in total. The summed E-state index contributed by atoms with van der Waals surface area (Å²) in [6.45, 7) is 8.32. The largest absolute Gasteiger partial charge is 0.461 e. The van der Waals surface area contributed by atoms with E-state index in [-0.39, 0.29) is 29.8 Å². The van der Waals surface area contributed by atoms with Crippen LogP contribution in [0.2, 0.25) is 0 Å². The van der Waals surface area contributed by atoms with Crippen LogP contribution in [-0.4, -0.2) is 64.1 Å². The van der Waals surface area contributed by atoms with Gasteiger partial charge in [-0.3, -0.25) is 4.79 Å². The summed E-state index contributed by atoms with van der Waals surface area (Å²) < 4.78 is 11.6. The summed E-state index contributed by atoms with van der Waals surface area (Å²) in [4.78, 5) is 40.3. The standard InChI is InChI=1S/C32H38O8/c1-6-17(2)28(36)40-27-21(15-33)13-22-24-23(30(24,5)16-39-29(37)20-10-8-7-9-11-20)12-19(4)31(26(22)35)14-18(3)25(34)32(27,31)38/h6-11,13-14,19,22-25,27,33-34,38H,12,15-16H2,1-5H3/t19-,22+,23-,24+,25+,27-,30-,31+,32-/m1/s1. The monoisotopic (exact) mass is 550 g/mol. The van der Waals surface area contributed by atoms with Gasteiger partial charge in [-0.2, -0.15) is 0 Å². The Bertz CT molecular complexity index is 1330. The van der Waals surface area contributed by atoms with Crippen LogP contribution in [0.3, 0.4) is 0 Å².